The van der Waals surface area contributed by atoms with E-state index in [9.17, 15) is 4.79 Å². The highest BCUT2D eigenvalue weighted by molar-refractivity contribution is 6.30. The van der Waals surface area contributed by atoms with Gasteiger partial charge in [-0.15, -0.1) is 0 Å². The number of nitrogens with one attached hydrogen (secondary N) is 2. The van der Waals surface area contributed by atoms with Crippen molar-refractivity contribution in [1.29, 1.82) is 0 Å². The number of ether oxygens (including phenoxy) is 1. The van der Waals surface area contributed by atoms with Gasteiger partial charge in [0.2, 0.25) is 5.91 Å². The molecule has 0 radical (unpaired) electrons. The van der Waals surface area contributed by atoms with Crippen molar-refractivity contribution in [3.63, 3.8) is 0 Å². The highest BCUT2D eigenvalue weighted by Gasteiger charge is 2.28. The maximum Gasteiger partial charge on any atom is 0.247 e. The maximum absolute atomic E-state index is 12.9. The van der Waals surface area contributed by atoms with Crippen molar-refractivity contribution in [2.45, 2.75) is 31.8 Å². The Kier molecular flexibility index (Phi) is 5.72. The Morgan fingerprint density at radius 1 is 1.03 bits per heavy atom. The summed E-state index contributed by atoms with van der Waals surface area (Å²) in [5, 5.41) is 7.14. The van der Waals surface area contributed by atoms with Crippen LogP contribution in [0.2, 0.25) is 5.02 Å². The number of hydrogen-bond donors (Lipinski definition) is 2. The van der Waals surface area contributed by atoms with Crippen molar-refractivity contribution >= 4 is 23.2 Å². The molecule has 1 saturated carbocycles. The van der Waals surface area contributed by atoms with Crippen LogP contribution in [0.1, 0.15) is 30.0 Å². The largest absolute Gasteiger partial charge is 0.457 e. The Hall–Kier alpha value is -2.98. The van der Waals surface area contributed by atoms with Crippen molar-refractivity contribution in [2.75, 3.05) is 5.32 Å². The molecule has 0 bridgehead atoms. The molecule has 4 nitrogen and oxygen atoms in total. The minimum Gasteiger partial charge on any atom is -0.457 e. The van der Waals surface area contributed by atoms with Crippen LogP contribution in [0.4, 0.5) is 5.69 Å². The number of amides is 1. The highest BCUT2D eigenvalue weighted by atomic mass is 35.5. The SMILES string of the molecule is Cc1ccc(NC(C(=O)NC2CC2)c2ccccc2)cc1Oc1ccc(Cl)cc1. The number of benzene rings is 3. The van der Waals surface area contributed by atoms with Gasteiger partial charge in [-0.2, -0.15) is 0 Å². The molecule has 29 heavy (non-hydrogen) atoms. The van der Waals surface area contributed by atoms with Crippen molar-refractivity contribution < 1.29 is 9.53 Å². The van der Waals surface area contributed by atoms with E-state index in [-0.39, 0.29) is 5.91 Å². The summed E-state index contributed by atoms with van der Waals surface area (Å²) in [6, 6.07) is 22.7. The van der Waals surface area contributed by atoms with Gasteiger partial charge < -0.3 is 15.4 Å². The minimum absolute atomic E-state index is 0.0144. The molecule has 1 unspecified atom stereocenters. The van der Waals surface area contributed by atoms with Gasteiger partial charge in [0.25, 0.3) is 0 Å². The van der Waals surface area contributed by atoms with Crippen LogP contribution in [-0.4, -0.2) is 11.9 Å². The second-order valence-corrected chi connectivity index (χ2v) is 7.74. The minimum atomic E-state index is -0.470. The Morgan fingerprint density at radius 2 is 1.76 bits per heavy atom. The number of anilines is 1. The van der Waals surface area contributed by atoms with E-state index in [0.717, 1.165) is 35.4 Å². The first kappa shape index (κ1) is 19.3. The van der Waals surface area contributed by atoms with E-state index in [1.165, 1.54) is 0 Å². The van der Waals surface area contributed by atoms with Crippen molar-refractivity contribution in [2.24, 2.45) is 0 Å². The van der Waals surface area contributed by atoms with Crippen LogP contribution >= 0.6 is 11.6 Å². The topological polar surface area (TPSA) is 50.4 Å². The second kappa shape index (κ2) is 8.58. The molecular formula is C24H23ClN2O2. The van der Waals surface area contributed by atoms with Crippen LogP contribution in [0.15, 0.2) is 72.8 Å². The van der Waals surface area contributed by atoms with Gasteiger partial charge in [0.05, 0.1) is 0 Å². The van der Waals surface area contributed by atoms with E-state index >= 15 is 0 Å². The van der Waals surface area contributed by atoms with Gasteiger partial charge >= 0.3 is 0 Å². The van der Waals surface area contributed by atoms with E-state index in [1.807, 2.05) is 67.6 Å². The smallest absolute Gasteiger partial charge is 0.247 e. The van der Waals surface area contributed by atoms with E-state index in [0.29, 0.717) is 16.8 Å². The lowest BCUT2D eigenvalue weighted by atomic mass is 10.1. The van der Waals surface area contributed by atoms with Gasteiger partial charge in [0, 0.05) is 22.8 Å². The maximum atomic E-state index is 12.9. The number of carbonyl (C=O) groups excluding carboxylic acids is 1. The van der Waals surface area contributed by atoms with Crippen LogP contribution in [0, 0.1) is 6.92 Å². The summed E-state index contributed by atoms with van der Waals surface area (Å²) >= 11 is 5.95. The Labute approximate surface area is 175 Å². The summed E-state index contributed by atoms with van der Waals surface area (Å²) in [7, 11) is 0. The van der Waals surface area contributed by atoms with Crippen LogP contribution in [0.3, 0.4) is 0 Å². The van der Waals surface area contributed by atoms with Crippen molar-refractivity contribution in [3.05, 3.63) is 88.9 Å². The fraction of sp³-hybridized carbons (Fsp3) is 0.208. The molecule has 0 aliphatic heterocycles. The predicted octanol–water partition coefficient (Wildman–Crippen LogP) is 5.87. The molecule has 0 spiro atoms. The quantitative estimate of drug-likeness (QED) is 0.515. The highest BCUT2D eigenvalue weighted by Crippen LogP contribution is 2.31. The lowest BCUT2D eigenvalue weighted by Gasteiger charge is -2.21. The zero-order valence-corrected chi connectivity index (χ0v) is 16.9. The molecule has 1 aliphatic carbocycles. The molecule has 3 aromatic rings. The molecule has 1 atom stereocenters. The zero-order chi connectivity index (χ0) is 20.2. The molecule has 1 fully saturated rings. The van der Waals surface area contributed by atoms with Crippen LogP contribution < -0.4 is 15.4 Å². The summed E-state index contributed by atoms with van der Waals surface area (Å²) in [6.07, 6.45) is 2.10. The third-order valence-electron chi connectivity index (χ3n) is 4.86. The molecule has 2 N–H and O–H groups in total. The number of aryl methyl sites for hydroxylation is 1. The molecule has 4 rings (SSSR count). The van der Waals surface area contributed by atoms with Gasteiger partial charge in [-0.3, -0.25) is 4.79 Å². The third-order valence-corrected chi connectivity index (χ3v) is 5.11. The Bertz CT molecular complexity index is 986. The summed E-state index contributed by atoms with van der Waals surface area (Å²) in [4.78, 5) is 12.9. The van der Waals surface area contributed by atoms with Gasteiger partial charge in [-0.05, 0) is 61.2 Å². The molecule has 0 saturated heterocycles. The summed E-state index contributed by atoms with van der Waals surface area (Å²) in [5.74, 6) is 1.42. The first-order valence-electron chi connectivity index (χ1n) is 9.74. The Morgan fingerprint density at radius 3 is 2.45 bits per heavy atom. The summed E-state index contributed by atoms with van der Waals surface area (Å²) in [5.41, 5.74) is 2.75. The average Bonchev–Trinajstić information content (AvgIpc) is 3.54. The zero-order valence-electron chi connectivity index (χ0n) is 16.2. The summed E-state index contributed by atoms with van der Waals surface area (Å²) < 4.78 is 6.03. The first-order valence-corrected chi connectivity index (χ1v) is 10.1. The standard InChI is InChI=1S/C24H23ClN2O2/c1-16-7-10-20(15-22(16)29-21-13-8-18(25)9-14-21)26-23(17-5-3-2-4-6-17)24(28)27-19-11-12-19/h2-10,13-15,19,23,26H,11-12H2,1H3,(H,27,28). The van der Waals surface area contributed by atoms with E-state index in [4.69, 9.17) is 16.3 Å². The third kappa shape index (κ3) is 5.09. The molecule has 3 aromatic carbocycles. The molecule has 1 amide bonds. The molecular weight excluding hydrogens is 384 g/mol. The molecule has 0 aromatic heterocycles. The van der Waals surface area contributed by atoms with Crippen LogP contribution in [0.25, 0.3) is 0 Å². The van der Waals surface area contributed by atoms with Gasteiger partial charge in [-0.1, -0.05) is 48.0 Å². The fourth-order valence-corrected chi connectivity index (χ4v) is 3.18. The van der Waals surface area contributed by atoms with E-state index < -0.39 is 6.04 Å². The predicted molar refractivity (Wildman–Crippen MR) is 117 cm³/mol. The number of hydrogen-bond acceptors (Lipinski definition) is 3. The Balaban J connectivity index is 1.56. The number of halogens is 1. The molecule has 1 aliphatic rings. The van der Waals surface area contributed by atoms with Crippen LogP contribution in [0.5, 0.6) is 11.5 Å². The lowest BCUT2D eigenvalue weighted by molar-refractivity contribution is -0.122. The van der Waals surface area contributed by atoms with Gasteiger partial charge in [0.15, 0.2) is 0 Å². The summed E-state index contributed by atoms with van der Waals surface area (Å²) in [6.45, 7) is 1.99. The first-order chi connectivity index (χ1) is 14.1. The normalized spacial score (nSPS) is 14.1. The molecule has 148 valence electrons. The van der Waals surface area contributed by atoms with Crippen molar-refractivity contribution in [1.82, 2.24) is 5.32 Å². The van der Waals surface area contributed by atoms with Crippen LogP contribution in [-0.2, 0) is 4.79 Å². The monoisotopic (exact) mass is 406 g/mol. The molecule has 5 heteroatoms. The fourth-order valence-electron chi connectivity index (χ4n) is 3.05. The molecule has 0 heterocycles. The lowest BCUT2D eigenvalue weighted by Crippen LogP contribution is -2.34. The number of rotatable bonds is 7. The van der Waals surface area contributed by atoms with Gasteiger partial charge in [-0.25, -0.2) is 0 Å². The van der Waals surface area contributed by atoms with Crippen molar-refractivity contribution in [3.8, 4) is 11.5 Å². The van der Waals surface area contributed by atoms with Gasteiger partial charge in [0.1, 0.15) is 17.5 Å². The van der Waals surface area contributed by atoms with E-state index in [1.54, 1.807) is 12.1 Å². The average molecular weight is 407 g/mol. The second-order valence-electron chi connectivity index (χ2n) is 7.31. The number of carbonyl (C=O) groups is 1. The van der Waals surface area contributed by atoms with E-state index in [2.05, 4.69) is 10.6 Å².